The van der Waals surface area contributed by atoms with Gasteiger partial charge in [0.05, 0.1) is 10.6 Å². The average Bonchev–Trinajstić information content (AvgIpc) is 3.37. The summed E-state index contributed by atoms with van der Waals surface area (Å²) in [6.07, 6.45) is 2.00. The Bertz CT molecular complexity index is 853. The van der Waals surface area contributed by atoms with Crippen LogP contribution in [0.1, 0.15) is 23.3 Å². The third kappa shape index (κ3) is 3.71. The van der Waals surface area contributed by atoms with Crippen LogP contribution in [-0.4, -0.2) is 35.4 Å². The Labute approximate surface area is 156 Å². The van der Waals surface area contributed by atoms with Crippen LogP contribution in [0.15, 0.2) is 53.9 Å². The smallest absolute Gasteiger partial charge is 0.270 e. The van der Waals surface area contributed by atoms with Crippen molar-refractivity contribution in [2.24, 2.45) is 5.92 Å². The second-order valence-corrected chi connectivity index (χ2v) is 7.35. The van der Waals surface area contributed by atoms with Gasteiger partial charge in [0.2, 0.25) is 0 Å². The molecule has 0 radical (unpaired) electrons. The molecule has 0 spiro atoms. The summed E-state index contributed by atoms with van der Waals surface area (Å²) < 4.78 is 7.12. The van der Waals surface area contributed by atoms with Gasteiger partial charge in [-0.15, -0.1) is 11.3 Å². The maximum atomic E-state index is 12.9. The first-order chi connectivity index (χ1) is 12.8. The van der Waals surface area contributed by atoms with Gasteiger partial charge in [0.1, 0.15) is 11.4 Å². The Morgan fingerprint density at radius 1 is 1.19 bits per heavy atom. The maximum Gasteiger partial charge on any atom is 0.270 e. The van der Waals surface area contributed by atoms with Crippen LogP contribution in [0.3, 0.4) is 0 Å². The molecule has 3 aromatic rings. The first kappa shape index (κ1) is 17.0. The number of carbonyl (C=O) groups excluding carboxylic acids is 1. The Hall–Kier alpha value is -2.44. The number of benzene rings is 1. The number of para-hydroxylation sites is 1. The van der Waals surface area contributed by atoms with E-state index in [9.17, 15) is 4.79 Å². The second-order valence-electron chi connectivity index (χ2n) is 6.41. The van der Waals surface area contributed by atoms with Crippen molar-refractivity contribution in [2.45, 2.75) is 12.8 Å². The van der Waals surface area contributed by atoms with E-state index in [-0.39, 0.29) is 5.91 Å². The average molecular weight is 367 g/mol. The van der Waals surface area contributed by atoms with Crippen LogP contribution >= 0.6 is 11.3 Å². The summed E-state index contributed by atoms with van der Waals surface area (Å²) in [7, 11) is 0. The summed E-state index contributed by atoms with van der Waals surface area (Å²) in [5.41, 5.74) is 2.26. The first-order valence-corrected chi connectivity index (χ1v) is 9.74. The molecule has 2 aromatic heterocycles. The molecule has 1 saturated heterocycles. The topological polar surface area (TPSA) is 56.1 Å². The Balaban J connectivity index is 1.59. The molecule has 26 heavy (non-hydrogen) atoms. The van der Waals surface area contributed by atoms with Crippen molar-refractivity contribution >= 4 is 17.2 Å². The SMILES string of the molecule is O=C(NCC1CCOCC1)c1cc(-c2cccs2)nn1-c1ccccc1. The van der Waals surface area contributed by atoms with E-state index < -0.39 is 0 Å². The van der Waals surface area contributed by atoms with Gasteiger partial charge in [0.15, 0.2) is 0 Å². The van der Waals surface area contributed by atoms with Gasteiger partial charge in [-0.25, -0.2) is 4.68 Å². The molecule has 1 amide bonds. The minimum atomic E-state index is -0.0874. The molecule has 1 N–H and O–H groups in total. The summed E-state index contributed by atoms with van der Waals surface area (Å²) in [6.45, 7) is 2.24. The molecular formula is C20H21N3O2S. The molecule has 4 rings (SSSR count). The molecular weight excluding hydrogens is 346 g/mol. The number of thiophene rings is 1. The Morgan fingerprint density at radius 3 is 2.73 bits per heavy atom. The third-order valence-electron chi connectivity index (χ3n) is 4.61. The molecule has 3 heterocycles. The zero-order valence-corrected chi connectivity index (χ0v) is 15.2. The Kier molecular flexibility index (Phi) is 5.13. The highest BCUT2D eigenvalue weighted by atomic mass is 32.1. The van der Waals surface area contributed by atoms with Crippen molar-refractivity contribution in [3.05, 3.63) is 59.6 Å². The van der Waals surface area contributed by atoms with Crippen molar-refractivity contribution in [3.8, 4) is 16.3 Å². The maximum absolute atomic E-state index is 12.9. The van der Waals surface area contributed by atoms with Crippen LogP contribution in [0.2, 0.25) is 0 Å². The van der Waals surface area contributed by atoms with Gasteiger partial charge < -0.3 is 10.1 Å². The molecule has 0 bridgehead atoms. The third-order valence-corrected chi connectivity index (χ3v) is 5.50. The van der Waals surface area contributed by atoms with Crippen LogP contribution in [0.5, 0.6) is 0 Å². The highest BCUT2D eigenvalue weighted by molar-refractivity contribution is 7.13. The fourth-order valence-corrected chi connectivity index (χ4v) is 3.81. The number of hydrogen-bond donors (Lipinski definition) is 1. The number of hydrogen-bond acceptors (Lipinski definition) is 4. The van der Waals surface area contributed by atoms with Crippen molar-refractivity contribution in [2.75, 3.05) is 19.8 Å². The van der Waals surface area contributed by atoms with Gasteiger partial charge in [-0.05, 0) is 48.4 Å². The van der Waals surface area contributed by atoms with Gasteiger partial charge in [-0.1, -0.05) is 24.3 Å². The molecule has 0 saturated carbocycles. The van der Waals surface area contributed by atoms with Crippen LogP contribution in [0.25, 0.3) is 16.3 Å². The summed E-state index contributed by atoms with van der Waals surface area (Å²) in [5.74, 6) is 0.396. The molecule has 1 aliphatic heterocycles. The van der Waals surface area contributed by atoms with Crippen molar-refractivity contribution in [1.82, 2.24) is 15.1 Å². The number of aromatic nitrogens is 2. The van der Waals surface area contributed by atoms with Crippen LogP contribution < -0.4 is 5.32 Å². The second kappa shape index (κ2) is 7.85. The molecule has 1 aliphatic rings. The van der Waals surface area contributed by atoms with Crippen molar-refractivity contribution < 1.29 is 9.53 Å². The number of rotatable bonds is 5. The molecule has 6 heteroatoms. The Morgan fingerprint density at radius 2 is 2.00 bits per heavy atom. The highest BCUT2D eigenvalue weighted by Crippen LogP contribution is 2.26. The molecule has 0 unspecified atom stereocenters. The van der Waals surface area contributed by atoms with E-state index in [2.05, 4.69) is 10.4 Å². The zero-order valence-electron chi connectivity index (χ0n) is 14.4. The number of carbonyl (C=O) groups is 1. The predicted octanol–water partition coefficient (Wildman–Crippen LogP) is 3.76. The minimum absolute atomic E-state index is 0.0874. The van der Waals surface area contributed by atoms with Crippen molar-refractivity contribution in [3.63, 3.8) is 0 Å². The van der Waals surface area contributed by atoms with Gasteiger partial charge in [0, 0.05) is 19.8 Å². The molecule has 0 atom stereocenters. The number of amides is 1. The van der Waals surface area contributed by atoms with Crippen molar-refractivity contribution in [1.29, 1.82) is 0 Å². The molecule has 1 fully saturated rings. The van der Waals surface area contributed by atoms with E-state index in [1.165, 1.54) is 0 Å². The summed E-state index contributed by atoms with van der Waals surface area (Å²) in [4.78, 5) is 13.9. The standard InChI is InChI=1S/C20H21N3O2S/c24-20(21-14-15-8-10-25-11-9-15)18-13-17(19-7-4-12-26-19)22-23(18)16-5-2-1-3-6-16/h1-7,12-13,15H,8-11,14H2,(H,21,24). The first-order valence-electron chi connectivity index (χ1n) is 8.86. The quantitative estimate of drug-likeness (QED) is 0.747. The fraction of sp³-hybridized carbons (Fsp3) is 0.300. The van der Waals surface area contributed by atoms with E-state index in [1.807, 2.05) is 53.9 Å². The lowest BCUT2D eigenvalue weighted by Crippen LogP contribution is -2.33. The van der Waals surface area contributed by atoms with Crippen LogP contribution in [0.4, 0.5) is 0 Å². The normalized spacial score (nSPS) is 15.1. The largest absolute Gasteiger partial charge is 0.381 e. The van der Waals surface area contributed by atoms with Gasteiger partial charge in [-0.3, -0.25) is 4.79 Å². The summed E-state index contributed by atoms with van der Waals surface area (Å²) >= 11 is 1.62. The van der Waals surface area contributed by atoms with Crippen LogP contribution in [-0.2, 0) is 4.74 Å². The lowest BCUT2D eigenvalue weighted by atomic mass is 10.0. The molecule has 0 aliphatic carbocycles. The monoisotopic (exact) mass is 367 g/mol. The van der Waals surface area contributed by atoms with E-state index in [0.29, 0.717) is 18.2 Å². The van der Waals surface area contributed by atoms with E-state index >= 15 is 0 Å². The zero-order chi connectivity index (χ0) is 17.8. The molecule has 1 aromatic carbocycles. The van der Waals surface area contributed by atoms with E-state index in [1.54, 1.807) is 16.0 Å². The number of nitrogens with zero attached hydrogens (tertiary/aromatic N) is 2. The summed E-state index contributed by atoms with van der Waals surface area (Å²) in [5, 5.41) is 9.79. The lowest BCUT2D eigenvalue weighted by Gasteiger charge is -2.22. The molecule has 134 valence electrons. The number of ether oxygens (including phenoxy) is 1. The highest BCUT2D eigenvalue weighted by Gasteiger charge is 2.20. The van der Waals surface area contributed by atoms with E-state index in [4.69, 9.17) is 4.74 Å². The lowest BCUT2D eigenvalue weighted by molar-refractivity contribution is 0.0641. The van der Waals surface area contributed by atoms with Gasteiger partial charge >= 0.3 is 0 Å². The van der Waals surface area contributed by atoms with Crippen LogP contribution in [0, 0.1) is 5.92 Å². The minimum Gasteiger partial charge on any atom is -0.381 e. The predicted molar refractivity (Wildman–Crippen MR) is 103 cm³/mol. The fourth-order valence-electron chi connectivity index (χ4n) is 3.13. The molecule has 5 nitrogen and oxygen atoms in total. The van der Waals surface area contributed by atoms with E-state index in [0.717, 1.165) is 42.3 Å². The van der Waals surface area contributed by atoms with Gasteiger partial charge in [0.25, 0.3) is 5.91 Å². The number of nitrogens with one attached hydrogen (secondary N) is 1. The summed E-state index contributed by atoms with van der Waals surface area (Å²) in [6, 6.07) is 15.7. The van der Waals surface area contributed by atoms with Gasteiger partial charge in [-0.2, -0.15) is 5.10 Å².